The van der Waals surface area contributed by atoms with Gasteiger partial charge in [0.15, 0.2) is 5.84 Å². The second kappa shape index (κ2) is 7.20. The molecule has 0 bridgehead atoms. The van der Waals surface area contributed by atoms with Gasteiger partial charge in [-0.3, -0.25) is 4.79 Å². The Hall–Kier alpha value is -1.31. The zero-order valence-electron chi connectivity index (χ0n) is 10.1. The van der Waals surface area contributed by atoms with Gasteiger partial charge < -0.3 is 15.8 Å². The molecular formula is C12H16IN3O2. The summed E-state index contributed by atoms with van der Waals surface area (Å²) in [5, 5.41) is 11.5. The van der Waals surface area contributed by atoms with Crippen molar-refractivity contribution in [1.29, 1.82) is 0 Å². The molecule has 1 amide bonds. The molecule has 0 saturated heterocycles. The Morgan fingerprint density at radius 2 is 2.17 bits per heavy atom. The van der Waals surface area contributed by atoms with Gasteiger partial charge in [-0.2, -0.15) is 0 Å². The summed E-state index contributed by atoms with van der Waals surface area (Å²) in [4.78, 5) is 13.9. The van der Waals surface area contributed by atoms with Crippen molar-refractivity contribution in [2.75, 3.05) is 13.1 Å². The molecule has 0 spiro atoms. The highest BCUT2D eigenvalue weighted by atomic mass is 127. The molecular weight excluding hydrogens is 345 g/mol. The molecule has 0 aromatic heterocycles. The summed E-state index contributed by atoms with van der Waals surface area (Å²) in [5.74, 6) is -0.0730. The van der Waals surface area contributed by atoms with E-state index >= 15 is 0 Å². The maximum Gasteiger partial charge on any atom is 0.255 e. The Morgan fingerprint density at radius 3 is 2.72 bits per heavy atom. The summed E-state index contributed by atoms with van der Waals surface area (Å²) >= 11 is 2.12. The number of rotatable bonds is 5. The summed E-state index contributed by atoms with van der Waals surface area (Å²) in [6.45, 7) is 2.68. The maximum absolute atomic E-state index is 12.3. The highest BCUT2D eigenvalue weighted by molar-refractivity contribution is 14.1. The average Bonchev–Trinajstić information content (AvgIpc) is 2.38. The number of benzene rings is 1. The first-order valence-corrected chi connectivity index (χ1v) is 6.68. The molecule has 0 atom stereocenters. The zero-order chi connectivity index (χ0) is 13.5. The van der Waals surface area contributed by atoms with Crippen LogP contribution < -0.4 is 5.73 Å². The molecule has 0 heterocycles. The van der Waals surface area contributed by atoms with E-state index in [0.29, 0.717) is 12.1 Å². The van der Waals surface area contributed by atoms with E-state index < -0.39 is 0 Å². The van der Waals surface area contributed by atoms with Crippen LogP contribution in [0.4, 0.5) is 0 Å². The second-order valence-corrected chi connectivity index (χ2v) is 4.96. The Labute approximate surface area is 120 Å². The number of amidine groups is 1. The summed E-state index contributed by atoms with van der Waals surface area (Å²) in [6.07, 6.45) is 0.813. The molecule has 0 fully saturated rings. The molecule has 1 aromatic carbocycles. The van der Waals surface area contributed by atoms with Crippen molar-refractivity contribution < 1.29 is 10.0 Å². The van der Waals surface area contributed by atoms with Crippen LogP contribution in [-0.4, -0.2) is 34.9 Å². The standard InChI is InChI=1S/C12H16IN3O2/c1-2-7-16(8-11(14)15-18)12(17)9-5-3-4-6-10(9)13/h3-6,18H,2,7-8H2,1H3,(H2,14,15). The third kappa shape index (κ3) is 3.86. The minimum atomic E-state index is -0.103. The molecule has 0 aliphatic rings. The van der Waals surface area contributed by atoms with Gasteiger partial charge in [0, 0.05) is 10.1 Å². The van der Waals surface area contributed by atoms with Crippen LogP contribution in [0.1, 0.15) is 23.7 Å². The lowest BCUT2D eigenvalue weighted by Crippen LogP contribution is -2.39. The van der Waals surface area contributed by atoms with Gasteiger partial charge in [0.2, 0.25) is 0 Å². The van der Waals surface area contributed by atoms with Crippen LogP contribution in [-0.2, 0) is 0 Å². The molecule has 3 N–H and O–H groups in total. The van der Waals surface area contributed by atoms with Crippen molar-refractivity contribution in [2.24, 2.45) is 10.9 Å². The van der Waals surface area contributed by atoms with Crippen molar-refractivity contribution in [3.8, 4) is 0 Å². The predicted molar refractivity (Wildman–Crippen MR) is 78.8 cm³/mol. The monoisotopic (exact) mass is 361 g/mol. The molecule has 0 unspecified atom stereocenters. The van der Waals surface area contributed by atoms with Gasteiger partial charge >= 0.3 is 0 Å². The van der Waals surface area contributed by atoms with Crippen LogP contribution in [0, 0.1) is 3.57 Å². The smallest absolute Gasteiger partial charge is 0.255 e. The Bertz CT molecular complexity index is 449. The average molecular weight is 361 g/mol. The van der Waals surface area contributed by atoms with E-state index in [1.807, 2.05) is 25.1 Å². The number of hydrogen-bond donors (Lipinski definition) is 2. The molecule has 0 saturated carbocycles. The number of amides is 1. The first kappa shape index (κ1) is 14.7. The van der Waals surface area contributed by atoms with Gasteiger partial charge in [-0.05, 0) is 41.1 Å². The number of hydrogen-bond acceptors (Lipinski definition) is 3. The van der Waals surface area contributed by atoms with Crippen LogP contribution in [0.15, 0.2) is 29.4 Å². The van der Waals surface area contributed by atoms with Crippen LogP contribution in [0.5, 0.6) is 0 Å². The number of carbonyl (C=O) groups excluding carboxylic acids is 1. The number of oxime groups is 1. The number of nitrogens with two attached hydrogens (primary N) is 1. The molecule has 1 rings (SSSR count). The first-order chi connectivity index (χ1) is 8.60. The van der Waals surface area contributed by atoms with E-state index in [1.54, 1.807) is 11.0 Å². The fourth-order valence-corrected chi connectivity index (χ4v) is 2.17. The lowest BCUT2D eigenvalue weighted by atomic mass is 10.2. The fourth-order valence-electron chi connectivity index (χ4n) is 1.55. The molecule has 98 valence electrons. The van der Waals surface area contributed by atoms with Crippen molar-refractivity contribution in [3.05, 3.63) is 33.4 Å². The van der Waals surface area contributed by atoms with Gasteiger partial charge in [0.25, 0.3) is 5.91 Å². The largest absolute Gasteiger partial charge is 0.409 e. The van der Waals surface area contributed by atoms with E-state index in [0.717, 1.165) is 9.99 Å². The van der Waals surface area contributed by atoms with Gasteiger partial charge in [0.05, 0.1) is 12.1 Å². The molecule has 6 heteroatoms. The minimum Gasteiger partial charge on any atom is -0.409 e. The summed E-state index contributed by atoms with van der Waals surface area (Å²) < 4.78 is 0.890. The van der Waals surface area contributed by atoms with E-state index in [9.17, 15) is 4.79 Å². The Kier molecular flexibility index (Phi) is 5.90. The Balaban J connectivity index is 2.92. The quantitative estimate of drug-likeness (QED) is 0.276. The third-order valence-corrected chi connectivity index (χ3v) is 3.31. The number of nitrogens with zero attached hydrogens (tertiary/aromatic N) is 2. The van der Waals surface area contributed by atoms with Gasteiger partial charge in [-0.15, -0.1) is 0 Å². The fraction of sp³-hybridized carbons (Fsp3) is 0.333. The van der Waals surface area contributed by atoms with Gasteiger partial charge in [-0.25, -0.2) is 0 Å². The second-order valence-electron chi connectivity index (χ2n) is 3.80. The molecule has 0 radical (unpaired) electrons. The predicted octanol–water partition coefficient (Wildman–Crippen LogP) is 1.89. The van der Waals surface area contributed by atoms with Crippen molar-refractivity contribution in [3.63, 3.8) is 0 Å². The molecule has 0 aliphatic heterocycles. The zero-order valence-corrected chi connectivity index (χ0v) is 12.3. The van der Waals surface area contributed by atoms with E-state index in [2.05, 4.69) is 27.7 Å². The molecule has 18 heavy (non-hydrogen) atoms. The van der Waals surface area contributed by atoms with Crippen molar-refractivity contribution in [2.45, 2.75) is 13.3 Å². The summed E-state index contributed by atoms with van der Waals surface area (Å²) in [6, 6.07) is 7.36. The first-order valence-electron chi connectivity index (χ1n) is 5.60. The van der Waals surface area contributed by atoms with Crippen molar-refractivity contribution in [1.82, 2.24) is 4.90 Å². The maximum atomic E-state index is 12.3. The highest BCUT2D eigenvalue weighted by Crippen LogP contribution is 2.14. The highest BCUT2D eigenvalue weighted by Gasteiger charge is 2.18. The Morgan fingerprint density at radius 1 is 1.50 bits per heavy atom. The van der Waals surface area contributed by atoms with E-state index in [4.69, 9.17) is 10.9 Å². The van der Waals surface area contributed by atoms with E-state index in [-0.39, 0.29) is 18.3 Å². The van der Waals surface area contributed by atoms with Crippen LogP contribution in [0.3, 0.4) is 0 Å². The van der Waals surface area contributed by atoms with Crippen LogP contribution in [0.25, 0.3) is 0 Å². The number of carbonyl (C=O) groups is 1. The van der Waals surface area contributed by atoms with E-state index in [1.165, 1.54) is 0 Å². The SMILES string of the molecule is CCCN(CC(N)=NO)C(=O)c1ccccc1I. The third-order valence-electron chi connectivity index (χ3n) is 2.37. The number of halogens is 1. The topological polar surface area (TPSA) is 78.9 Å². The molecule has 5 nitrogen and oxygen atoms in total. The van der Waals surface area contributed by atoms with Crippen LogP contribution in [0.2, 0.25) is 0 Å². The molecule has 0 aliphatic carbocycles. The minimum absolute atomic E-state index is 0.0303. The summed E-state index contributed by atoms with van der Waals surface area (Å²) in [5.41, 5.74) is 6.10. The normalized spacial score (nSPS) is 11.3. The lowest BCUT2D eigenvalue weighted by Gasteiger charge is -2.21. The van der Waals surface area contributed by atoms with Crippen molar-refractivity contribution >= 4 is 34.3 Å². The molecule has 1 aromatic rings. The van der Waals surface area contributed by atoms with Gasteiger partial charge in [-0.1, -0.05) is 24.2 Å². The summed E-state index contributed by atoms with van der Waals surface area (Å²) in [7, 11) is 0. The van der Waals surface area contributed by atoms with Crippen LogP contribution >= 0.6 is 22.6 Å². The lowest BCUT2D eigenvalue weighted by molar-refractivity contribution is 0.0777. The van der Waals surface area contributed by atoms with Gasteiger partial charge in [0.1, 0.15) is 0 Å².